The largest absolute Gasteiger partial charge is 0.432 e. The minimum absolute atomic E-state index is 0.0732. The van der Waals surface area contributed by atoms with E-state index in [1.165, 1.54) is 0 Å². The Labute approximate surface area is 264 Å². The highest BCUT2D eigenvalue weighted by Crippen LogP contribution is 2.37. The minimum Gasteiger partial charge on any atom is -0.429 e. The zero-order chi connectivity index (χ0) is 33.9. The Hall–Kier alpha value is -4.03. The number of unbranched alkanes of at least 4 members (excludes halogenated alkanes) is 2. The highest BCUT2D eigenvalue weighted by molar-refractivity contribution is 5.64. The predicted molar refractivity (Wildman–Crippen MR) is 154 cm³/mol. The average Bonchev–Trinajstić information content (AvgIpc) is 3.01. The van der Waals surface area contributed by atoms with Crippen LogP contribution in [0.25, 0.3) is 11.1 Å². The van der Waals surface area contributed by atoms with E-state index in [1.807, 2.05) is 0 Å². The van der Waals surface area contributed by atoms with Crippen molar-refractivity contribution < 1.29 is 53.7 Å². The van der Waals surface area contributed by atoms with Gasteiger partial charge >= 0.3 is 6.11 Å². The molecule has 0 amide bonds. The van der Waals surface area contributed by atoms with Crippen molar-refractivity contribution in [3.63, 3.8) is 0 Å². The highest BCUT2D eigenvalue weighted by Gasteiger charge is 2.41. The highest BCUT2D eigenvalue weighted by atomic mass is 19.3. The number of hydrogen-bond donors (Lipinski definition) is 0. The monoisotopic (exact) mass is 668 g/mol. The van der Waals surface area contributed by atoms with Crippen molar-refractivity contribution in [3.05, 3.63) is 124 Å². The second kappa shape index (κ2) is 14.4. The summed E-state index contributed by atoms with van der Waals surface area (Å²) in [7, 11) is 0. The summed E-state index contributed by atoms with van der Waals surface area (Å²) in [5, 5.41) is 0. The standard InChI is InChI=1S/C35H29F9O3/c1-2-3-4-5-19-17-45-34(46-18-19)22-8-6-21(7-9-22)23-13-26(36)25(27(37)14-23)10-20-11-28(38)32(29(39)12-20)35(43,44)47-24-15-30(40)33(42)31(41)16-24/h6-9,11-16,19,34H,2-5,10,17-18H2,1H3. The van der Waals surface area contributed by atoms with Crippen LogP contribution in [0.1, 0.15) is 61.2 Å². The molecule has 47 heavy (non-hydrogen) atoms. The van der Waals surface area contributed by atoms with Gasteiger partial charge in [0.25, 0.3) is 0 Å². The first-order valence-electron chi connectivity index (χ1n) is 14.9. The molecule has 4 aromatic rings. The van der Waals surface area contributed by atoms with Gasteiger partial charge in [0.2, 0.25) is 0 Å². The maximum atomic E-state index is 15.1. The van der Waals surface area contributed by atoms with Crippen molar-refractivity contribution >= 4 is 0 Å². The summed E-state index contributed by atoms with van der Waals surface area (Å²) in [5.74, 6) is -12.4. The Balaban J connectivity index is 1.28. The Morgan fingerprint density at radius 3 is 1.83 bits per heavy atom. The van der Waals surface area contributed by atoms with Crippen LogP contribution in [0.2, 0.25) is 0 Å². The summed E-state index contributed by atoms with van der Waals surface area (Å²) in [6.07, 6.45) is -1.64. The number of halogens is 9. The molecule has 1 saturated heterocycles. The van der Waals surface area contributed by atoms with Gasteiger partial charge in [0, 0.05) is 35.6 Å². The summed E-state index contributed by atoms with van der Waals surface area (Å²) in [5.41, 5.74) is -1.52. The van der Waals surface area contributed by atoms with Crippen LogP contribution < -0.4 is 4.74 Å². The number of benzene rings is 4. The number of alkyl halides is 2. The van der Waals surface area contributed by atoms with E-state index in [9.17, 15) is 30.7 Å². The second-order valence-electron chi connectivity index (χ2n) is 11.3. The molecule has 0 aromatic heterocycles. The zero-order valence-corrected chi connectivity index (χ0v) is 25.0. The molecule has 0 spiro atoms. The smallest absolute Gasteiger partial charge is 0.429 e. The summed E-state index contributed by atoms with van der Waals surface area (Å²) in [6.45, 7) is 3.28. The minimum atomic E-state index is -4.80. The van der Waals surface area contributed by atoms with E-state index in [2.05, 4.69) is 11.7 Å². The zero-order valence-electron chi connectivity index (χ0n) is 25.0. The molecule has 3 nitrogen and oxygen atoms in total. The molecule has 250 valence electrons. The average molecular weight is 669 g/mol. The third kappa shape index (κ3) is 7.93. The van der Waals surface area contributed by atoms with Crippen LogP contribution in [-0.4, -0.2) is 13.2 Å². The number of ether oxygens (including phenoxy) is 3. The first-order valence-corrected chi connectivity index (χ1v) is 14.9. The van der Waals surface area contributed by atoms with Crippen molar-refractivity contribution in [3.8, 4) is 16.9 Å². The molecule has 0 radical (unpaired) electrons. The van der Waals surface area contributed by atoms with Gasteiger partial charge in [0.05, 0.1) is 13.2 Å². The van der Waals surface area contributed by atoms with Crippen molar-refractivity contribution in [1.29, 1.82) is 0 Å². The van der Waals surface area contributed by atoms with E-state index < -0.39 is 82.0 Å². The molecular formula is C35H29F9O3. The van der Waals surface area contributed by atoms with Gasteiger partial charge in [0.15, 0.2) is 23.7 Å². The lowest BCUT2D eigenvalue weighted by atomic mass is 9.97. The van der Waals surface area contributed by atoms with Crippen LogP contribution in [0, 0.1) is 46.6 Å². The first-order chi connectivity index (χ1) is 22.4. The topological polar surface area (TPSA) is 27.7 Å². The lowest BCUT2D eigenvalue weighted by Crippen LogP contribution is -2.27. The molecule has 12 heteroatoms. The first kappa shape index (κ1) is 34.3. The molecule has 1 heterocycles. The lowest BCUT2D eigenvalue weighted by Gasteiger charge is -2.29. The van der Waals surface area contributed by atoms with Crippen LogP contribution in [0.5, 0.6) is 5.75 Å². The predicted octanol–water partition coefficient (Wildman–Crippen LogP) is 10.3. The summed E-state index contributed by atoms with van der Waals surface area (Å²) < 4.78 is 145. The number of rotatable bonds is 11. The molecular weight excluding hydrogens is 639 g/mol. The van der Waals surface area contributed by atoms with E-state index in [0.29, 0.717) is 36.8 Å². The van der Waals surface area contributed by atoms with Crippen LogP contribution >= 0.6 is 0 Å². The van der Waals surface area contributed by atoms with Crippen molar-refractivity contribution in [2.45, 2.75) is 51.4 Å². The van der Waals surface area contributed by atoms with Gasteiger partial charge in [-0.2, -0.15) is 8.78 Å². The van der Waals surface area contributed by atoms with Crippen molar-refractivity contribution in [2.24, 2.45) is 5.92 Å². The van der Waals surface area contributed by atoms with Gasteiger partial charge in [0.1, 0.15) is 34.6 Å². The molecule has 4 aromatic carbocycles. The van der Waals surface area contributed by atoms with Gasteiger partial charge in [-0.25, -0.2) is 30.7 Å². The Morgan fingerprint density at radius 1 is 0.702 bits per heavy atom. The van der Waals surface area contributed by atoms with Crippen LogP contribution in [-0.2, 0) is 22.0 Å². The Kier molecular flexibility index (Phi) is 10.5. The van der Waals surface area contributed by atoms with E-state index in [-0.39, 0.29) is 17.7 Å². The van der Waals surface area contributed by atoms with Gasteiger partial charge in [-0.1, -0.05) is 50.5 Å². The quantitative estimate of drug-likeness (QED) is 0.0905. The number of hydrogen-bond acceptors (Lipinski definition) is 3. The molecule has 0 bridgehead atoms. The fraction of sp³-hybridized carbons (Fsp3) is 0.314. The van der Waals surface area contributed by atoms with Crippen molar-refractivity contribution in [1.82, 2.24) is 0 Å². The molecule has 1 aliphatic rings. The van der Waals surface area contributed by atoms with E-state index >= 15 is 8.78 Å². The normalized spacial score (nSPS) is 16.8. The molecule has 0 aliphatic carbocycles. The summed E-state index contributed by atoms with van der Waals surface area (Å²) >= 11 is 0. The van der Waals surface area contributed by atoms with Gasteiger partial charge in [-0.3, -0.25) is 0 Å². The van der Waals surface area contributed by atoms with E-state index in [0.717, 1.165) is 43.4 Å². The van der Waals surface area contributed by atoms with Crippen LogP contribution in [0.4, 0.5) is 39.5 Å². The lowest BCUT2D eigenvalue weighted by molar-refractivity contribution is -0.206. The fourth-order valence-corrected chi connectivity index (χ4v) is 5.36. The van der Waals surface area contributed by atoms with E-state index in [1.54, 1.807) is 24.3 Å². The molecule has 1 fully saturated rings. The molecule has 0 N–H and O–H groups in total. The summed E-state index contributed by atoms with van der Waals surface area (Å²) in [6, 6.07) is 9.79. The Bertz CT molecular complexity index is 1650. The van der Waals surface area contributed by atoms with Gasteiger partial charge in [-0.05, 0) is 47.4 Å². The second-order valence-corrected chi connectivity index (χ2v) is 11.3. The summed E-state index contributed by atoms with van der Waals surface area (Å²) in [4.78, 5) is 0. The fourth-order valence-electron chi connectivity index (χ4n) is 5.36. The van der Waals surface area contributed by atoms with Crippen LogP contribution in [0.3, 0.4) is 0 Å². The van der Waals surface area contributed by atoms with Crippen molar-refractivity contribution in [2.75, 3.05) is 13.2 Å². The maximum absolute atomic E-state index is 15.1. The molecule has 0 saturated carbocycles. The SMILES string of the molecule is CCCCCC1COC(c2ccc(-c3cc(F)c(Cc4cc(F)c(C(F)(F)Oc5cc(F)c(F)c(F)c5)c(F)c4)c(F)c3)cc2)OC1. The third-order valence-electron chi connectivity index (χ3n) is 7.82. The Morgan fingerprint density at radius 2 is 1.28 bits per heavy atom. The maximum Gasteiger partial charge on any atom is 0.432 e. The molecule has 0 unspecified atom stereocenters. The van der Waals surface area contributed by atoms with Gasteiger partial charge < -0.3 is 14.2 Å². The van der Waals surface area contributed by atoms with Crippen LogP contribution in [0.15, 0.2) is 60.7 Å². The molecule has 0 atom stereocenters. The molecule has 5 rings (SSSR count). The molecule has 1 aliphatic heterocycles. The van der Waals surface area contributed by atoms with Gasteiger partial charge in [-0.15, -0.1) is 0 Å². The third-order valence-corrected chi connectivity index (χ3v) is 7.82. The van der Waals surface area contributed by atoms with E-state index in [4.69, 9.17) is 9.47 Å².